The molecule has 0 bridgehead atoms. The first kappa shape index (κ1) is 10.8. The summed E-state index contributed by atoms with van der Waals surface area (Å²) in [7, 11) is 3.23. The number of hydrogen-bond donors (Lipinski definition) is 1. The zero-order chi connectivity index (χ0) is 10.1. The van der Waals surface area contributed by atoms with E-state index in [-0.39, 0.29) is 12.8 Å². The van der Waals surface area contributed by atoms with Crippen LogP contribution >= 0.6 is 0 Å². The van der Waals surface area contributed by atoms with Crippen molar-refractivity contribution in [2.24, 2.45) is 0 Å². The summed E-state index contributed by atoms with van der Waals surface area (Å²) in [5.74, 6) is 0. The average Bonchev–Trinajstić information content (AvgIpc) is 2.04. The molecule has 1 N–H and O–H groups in total. The van der Waals surface area contributed by atoms with Gasteiger partial charge in [-0.1, -0.05) is 0 Å². The molecule has 78 valence electrons. The Kier molecular flexibility index (Phi) is 2.87. The highest BCUT2D eigenvalue weighted by atomic mass is 19.4. The lowest BCUT2D eigenvalue weighted by Crippen LogP contribution is -2.60. The second-order valence-electron chi connectivity index (χ2n) is 3.63. The number of alkyl halides is 3. The van der Waals surface area contributed by atoms with Crippen LogP contribution in [0.3, 0.4) is 0 Å². The van der Waals surface area contributed by atoms with E-state index in [0.717, 1.165) is 0 Å². The molecular weight excluding hydrogens is 181 g/mol. The monoisotopic (exact) mass is 196 g/mol. The summed E-state index contributed by atoms with van der Waals surface area (Å²) in [5, 5.41) is 2.43. The SMILES string of the molecule is CNC1(C(F)(F)F)CCN(C)CC1. The van der Waals surface area contributed by atoms with Crippen LogP contribution in [-0.2, 0) is 0 Å². The Hall–Kier alpha value is -0.290. The van der Waals surface area contributed by atoms with E-state index in [4.69, 9.17) is 0 Å². The maximum Gasteiger partial charge on any atom is 0.406 e. The summed E-state index contributed by atoms with van der Waals surface area (Å²) in [6.45, 7) is 1.00. The first-order chi connectivity index (χ1) is 5.91. The van der Waals surface area contributed by atoms with Gasteiger partial charge in [-0.2, -0.15) is 13.2 Å². The van der Waals surface area contributed by atoms with E-state index in [1.54, 1.807) is 0 Å². The van der Waals surface area contributed by atoms with Crippen molar-refractivity contribution in [2.45, 2.75) is 24.6 Å². The lowest BCUT2D eigenvalue weighted by Gasteiger charge is -2.41. The first-order valence-corrected chi connectivity index (χ1v) is 4.35. The highest BCUT2D eigenvalue weighted by Crippen LogP contribution is 2.37. The molecule has 13 heavy (non-hydrogen) atoms. The fraction of sp³-hybridized carbons (Fsp3) is 1.00. The highest BCUT2D eigenvalue weighted by molar-refractivity contribution is 4.97. The standard InChI is InChI=1S/C8H15F3N2/c1-12-7(8(9,10)11)3-5-13(2)6-4-7/h12H,3-6H2,1-2H3. The predicted molar refractivity (Wildman–Crippen MR) is 44.6 cm³/mol. The number of piperidine rings is 1. The molecule has 0 saturated carbocycles. The highest BCUT2D eigenvalue weighted by Gasteiger charge is 2.54. The van der Waals surface area contributed by atoms with Crippen LogP contribution in [0.1, 0.15) is 12.8 Å². The van der Waals surface area contributed by atoms with Gasteiger partial charge in [-0.25, -0.2) is 0 Å². The van der Waals surface area contributed by atoms with E-state index in [1.165, 1.54) is 7.05 Å². The van der Waals surface area contributed by atoms with Crippen molar-refractivity contribution in [1.82, 2.24) is 10.2 Å². The van der Waals surface area contributed by atoms with Crippen molar-refractivity contribution in [3.8, 4) is 0 Å². The summed E-state index contributed by atoms with van der Waals surface area (Å²) >= 11 is 0. The molecule has 1 aliphatic heterocycles. The smallest absolute Gasteiger partial charge is 0.307 e. The maximum atomic E-state index is 12.6. The molecule has 0 radical (unpaired) electrons. The zero-order valence-corrected chi connectivity index (χ0v) is 7.91. The fourth-order valence-electron chi connectivity index (χ4n) is 1.68. The van der Waals surface area contributed by atoms with Crippen molar-refractivity contribution < 1.29 is 13.2 Å². The van der Waals surface area contributed by atoms with Crippen molar-refractivity contribution in [2.75, 3.05) is 27.2 Å². The maximum absolute atomic E-state index is 12.6. The van der Waals surface area contributed by atoms with E-state index in [9.17, 15) is 13.2 Å². The van der Waals surface area contributed by atoms with Gasteiger partial charge in [-0.15, -0.1) is 0 Å². The summed E-state index contributed by atoms with van der Waals surface area (Å²) in [6, 6.07) is 0. The van der Waals surface area contributed by atoms with Crippen molar-refractivity contribution >= 4 is 0 Å². The lowest BCUT2D eigenvalue weighted by molar-refractivity contribution is -0.206. The van der Waals surface area contributed by atoms with Gasteiger partial charge in [0.15, 0.2) is 0 Å². The molecule has 0 spiro atoms. The molecule has 0 atom stereocenters. The van der Waals surface area contributed by atoms with E-state index in [1.807, 2.05) is 11.9 Å². The van der Waals surface area contributed by atoms with Crippen LogP contribution < -0.4 is 5.32 Å². The Morgan fingerprint density at radius 3 is 2.00 bits per heavy atom. The third-order valence-electron chi connectivity index (χ3n) is 2.86. The zero-order valence-electron chi connectivity index (χ0n) is 7.91. The van der Waals surface area contributed by atoms with E-state index < -0.39 is 11.7 Å². The van der Waals surface area contributed by atoms with Gasteiger partial charge in [-0.3, -0.25) is 0 Å². The lowest BCUT2D eigenvalue weighted by atomic mass is 9.87. The second kappa shape index (κ2) is 3.46. The topological polar surface area (TPSA) is 15.3 Å². The molecule has 5 heteroatoms. The molecule has 1 rings (SSSR count). The molecule has 0 aliphatic carbocycles. The minimum absolute atomic E-state index is 0.142. The van der Waals surface area contributed by atoms with Crippen molar-refractivity contribution in [3.05, 3.63) is 0 Å². The minimum atomic E-state index is -4.14. The summed E-state index contributed by atoms with van der Waals surface area (Å²) < 4.78 is 37.9. The van der Waals surface area contributed by atoms with Crippen LogP contribution in [0.4, 0.5) is 13.2 Å². The Morgan fingerprint density at radius 1 is 1.23 bits per heavy atom. The summed E-state index contributed by atoms with van der Waals surface area (Å²) in [4.78, 5) is 1.92. The summed E-state index contributed by atoms with van der Waals surface area (Å²) in [6.07, 6.45) is -3.85. The van der Waals surface area contributed by atoms with E-state index in [2.05, 4.69) is 5.32 Å². The van der Waals surface area contributed by atoms with E-state index in [0.29, 0.717) is 13.1 Å². The van der Waals surface area contributed by atoms with Crippen LogP contribution in [-0.4, -0.2) is 43.8 Å². The van der Waals surface area contributed by atoms with Gasteiger partial charge in [0.2, 0.25) is 0 Å². The Balaban J connectivity index is 2.72. The molecule has 1 fully saturated rings. The number of nitrogens with zero attached hydrogens (tertiary/aromatic N) is 1. The van der Waals surface area contributed by atoms with Gasteiger partial charge < -0.3 is 10.2 Å². The summed E-state index contributed by atoms with van der Waals surface area (Å²) in [5.41, 5.74) is -1.65. The van der Waals surface area contributed by atoms with Crippen molar-refractivity contribution in [1.29, 1.82) is 0 Å². The molecule has 1 saturated heterocycles. The first-order valence-electron chi connectivity index (χ1n) is 4.35. The molecule has 2 nitrogen and oxygen atoms in total. The van der Waals surface area contributed by atoms with Crippen LogP contribution in [0.5, 0.6) is 0 Å². The molecule has 0 aromatic carbocycles. The molecule has 0 amide bonds. The Morgan fingerprint density at radius 2 is 1.69 bits per heavy atom. The van der Waals surface area contributed by atoms with E-state index >= 15 is 0 Å². The molecule has 1 aliphatic rings. The van der Waals surface area contributed by atoms with Crippen LogP contribution in [0.15, 0.2) is 0 Å². The molecule has 1 heterocycles. The van der Waals surface area contributed by atoms with Gasteiger partial charge in [-0.05, 0) is 40.0 Å². The molecular formula is C8H15F3N2. The number of likely N-dealkylation sites (tertiary alicyclic amines) is 1. The number of hydrogen-bond acceptors (Lipinski definition) is 2. The average molecular weight is 196 g/mol. The molecule has 0 aromatic rings. The minimum Gasteiger partial charge on any atom is -0.307 e. The number of rotatable bonds is 1. The van der Waals surface area contributed by atoms with Gasteiger partial charge >= 0.3 is 6.18 Å². The van der Waals surface area contributed by atoms with Crippen LogP contribution in [0.25, 0.3) is 0 Å². The largest absolute Gasteiger partial charge is 0.406 e. The second-order valence-corrected chi connectivity index (χ2v) is 3.63. The Bertz CT molecular complexity index is 171. The predicted octanol–water partition coefficient (Wildman–Crippen LogP) is 1.23. The molecule has 0 unspecified atom stereocenters. The van der Waals surface area contributed by atoms with Gasteiger partial charge in [0.1, 0.15) is 5.54 Å². The number of nitrogens with one attached hydrogen (secondary N) is 1. The third-order valence-corrected chi connectivity index (χ3v) is 2.86. The van der Waals surface area contributed by atoms with Gasteiger partial charge in [0.25, 0.3) is 0 Å². The molecule has 0 aromatic heterocycles. The third kappa shape index (κ3) is 1.96. The number of halogens is 3. The van der Waals surface area contributed by atoms with Gasteiger partial charge in [0, 0.05) is 0 Å². The van der Waals surface area contributed by atoms with Crippen LogP contribution in [0.2, 0.25) is 0 Å². The quantitative estimate of drug-likeness (QED) is 0.678. The fourth-order valence-corrected chi connectivity index (χ4v) is 1.68. The van der Waals surface area contributed by atoms with Gasteiger partial charge in [0.05, 0.1) is 0 Å². The Labute approximate surface area is 76.1 Å². The van der Waals surface area contributed by atoms with Crippen molar-refractivity contribution in [3.63, 3.8) is 0 Å². The normalized spacial score (nSPS) is 24.7. The van der Waals surface area contributed by atoms with Crippen LogP contribution in [0, 0.1) is 0 Å².